The highest BCUT2D eigenvalue weighted by Crippen LogP contribution is 2.30. The summed E-state index contributed by atoms with van der Waals surface area (Å²) < 4.78 is 13.0. The predicted octanol–water partition coefficient (Wildman–Crippen LogP) is 4.21. The lowest BCUT2D eigenvalue weighted by atomic mass is 9.93. The number of ether oxygens (including phenoxy) is 1. The molecule has 0 spiro atoms. The monoisotopic (exact) mass is 533 g/mol. The smallest absolute Gasteiger partial charge is 0.214 e. The van der Waals surface area contributed by atoms with Gasteiger partial charge in [0, 0.05) is 42.3 Å². The van der Waals surface area contributed by atoms with Gasteiger partial charge in [0.2, 0.25) is 5.88 Å². The van der Waals surface area contributed by atoms with Crippen LogP contribution in [-0.2, 0) is 23.1 Å². The van der Waals surface area contributed by atoms with Crippen LogP contribution in [0, 0.1) is 0 Å². The SMILES string of the molecule is CNCC(O)COc1ccc2c(n1)sc1nc(-c3ccc(CC(=O)Cc4cc(C(C)(C)C)on4)cc3)cn12. The lowest BCUT2D eigenvalue weighted by Gasteiger charge is -2.12. The van der Waals surface area contributed by atoms with Crippen LogP contribution in [0.1, 0.15) is 37.8 Å². The Morgan fingerprint density at radius 1 is 1.16 bits per heavy atom. The fraction of sp³-hybridized carbons (Fsp3) is 0.357. The van der Waals surface area contributed by atoms with Crippen LogP contribution < -0.4 is 10.1 Å². The summed E-state index contributed by atoms with van der Waals surface area (Å²) in [5, 5.41) is 16.8. The summed E-state index contributed by atoms with van der Waals surface area (Å²) in [5.74, 6) is 1.34. The summed E-state index contributed by atoms with van der Waals surface area (Å²) in [5.41, 5.74) is 4.24. The first-order chi connectivity index (χ1) is 18.2. The molecule has 1 atom stereocenters. The summed E-state index contributed by atoms with van der Waals surface area (Å²) in [6.07, 6.45) is 1.98. The molecule has 0 radical (unpaired) electrons. The Hall–Kier alpha value is -3.60. The van der Waals surface area contributed by atoms with E-state index in [0.717, 1.165) is 37.9 Å². The standard InChI is InChI=1S/C28H31N5O4S/c1-28(2,3)24-13-19(32-37-24)12-20(34)11-17-5-7-18(8-6-17)22-15-33-23-9-10-25(36-16-21(35)14-29-4)31-26(23)38-27(33)30-22/h5-10,13,15,21,29,35H,11-12,14,16H2,1-4H3. The van der Waals surface area contributed by atoms with Gasteiger partial charge in [-0.05, 0) is 18.7 Å². The highest BCUT2D eigenvalue weighted by molar-refractivity contribution is 7.23. The van der Waals surface area contributed by atoms with Crippen LogP contribution in [0.5, 0.6) is 5.88 Å². The first kappa shape index (κ1) is 26.0. The first-order valence-electron chi connectivity index (χ1n) is 12.5. The highest BCUT2D eigenvalue weighted by Gasteiger charge is 2.20. The topological polar surface area (TPSA) is 115 Å². The largest absolute Gasteiger partial charge is 0.475 e. The lowest BCUT2D eigenvalue weighted by molar-refractivity contribution is -0.117. The molecule has 4 aromatic heterocycles. The number of aliphatic hydroxyl groups excluding tert-OH is 1. The molecule has 1 unspecified atom stereocenters. The molecule has 0 aliphatic carbocycles. The predicted molar refractivity (Wildman–Crippen MR) is 147 cm³/mol. The van der Waals surface area contributed by atoms with Crippen LogP contribution in [-0.4, -0.2) is 56.7 Å². The first-order valence-corrected chi connectivity index (χ1v) is 13.3. The average molecular weight is 534 g/mol. The van der Waals surface area contributed by atoms with Crippen molar-refractivity contribution < 1.29 is 19.2 Å². The normalized spacial score (nSPS) is 12.9. The van der Waals surface area contributed by atoms with Crippen molar-refractivity contribution >= 4 is 32.4 Å². The quantitative estimate of drug-likeness (QED) is 0.274. The Morgan fingerprint density at radius 2 is 1.95 bits per heavy atom. The number of benzene rings is 1. The maximum atomic E-state index is 12.6. The van der Waals surface area contributed by atoms with Gasteiger partial charge in [-0.3, -0.25) is 9.20 Å². The van der Waals surface area contributed by atoms with Gasteiger partial charge < -0.3 is 19.7 Å². The van der Waals surface area contributed by atoms with Crippen molar-refractivity contribution in [3.8, 4) is 17.1 Å². The Morgan fingerprint density at radius 3 is 2.66 bits per heavy atom. The number of hydrogen-bond acceptors (Lipinski definition) is 9. The van der Waals surface area contributed by atoms with Crippen LogP contribution in [0.15, 0.2) is 53.2 Å². The molecule has 0 aliphatic heterocycles. The van der Waals surface area contributed by atoms with Crippen molar-refractivity contribution in [2.24, 2.45) is 0 Å². The number of nitrogens with zero attached hydrogens (tertiary/aromatic N) is 4. The van der Waals surface area contributed by atoms with Crippen molar-refractivity contribution in [1.29, 1.82) is 0 Å². The second-order valence-corrected chi connectivity index (χ2v) is 11.4. The van der Waals surface area contributed by atoms with Crippen LogP contribution >= 0.6 is 11.3 Å². The van der Waals surface area contributed by atoms with Gasteiger partial charge in [0.05, 0.1) is 23.3 Å². The van der Waals surface area contributed by atoms with Gasteiger partial charge in [0.15, 0.2) is 4.96 Å². The number of pyridine rings is 1. The van der Waals surface area contributed by atoms with E-state index in [-0.39, 0.29) is 24.2 Å². The van der Waals surface area contributed by atoms with Crippen LogP contribution in [0.4, 0.5) is 0 Å². The number of hydrogen-bond donors (Lipinski definition) is 2. The number of ketones is 1. The maximum Gasteiger partial charge on any atom is 0.214 e. The van der Waals surface area contributed by atoms with Crippen molar-refractivity contribution in [3.05, 3.63) is 65.7 Å². The molecule has 4 heterocycles. The van der Waals surface area contributed by atoms with E-state index < -0.39 is 6.10 Å². The van der Waals surface area contributed by atoms with Gasteiger partial charge in [-0.15, -0.1) is 0 Å². The van der Waals surface area contributed by atoms with Crippen molar-refractivity contribution in [1.82, 2.24) is 24.8 Å². The molecule has 198 valence electrons. The summed E-state index contributed by atoms with van der Waals surface area (Å²) in [6.45, 7) is 6.78. The fourth-order valence-corrected chi connectivity index (χ4v) is 5.07. The molecule has 0 amide bonds. The number of aliphatic hydroxyl groups is 1. The number of imidazole rings is 1. The van der Waals surface area contributed by atoms with E-state index in [1.54, 1.807) is 13.1 Å². The zero-order valence-corrected chi connectivity index (χ0v) is 22.7. The second-order valence-electron chi connectivity index (χ2n) is 10.4. The van der Waals surface area contributed by atoms with Crippen molar-refractivity contribution in [2.45, 2.75) is 45.1 Å². The van der Waals surface area contributed by atoms with Crippen LogP contribution in [0.25, 0.3) is 26.6 Å². The molecule has 0 bridgehead atoms. The number of aromatic nitrogens is 4. The molecule has 38 heavy (non-hydrogen) atoms. The third-order valence-corrected chi connectivity index (χ3v) is 7.09. The Balaban J connectivity index is 1.24. The van der Waals surface area contributed by atoms with E-state index in [0.29, 0.717) is 24.5 Å². The Kier molecular flexibility index (Phi) is 7.29. The molecular weight excluding hydrogens is 502 g/mol. The highest BCUT2D eigenvalue weighted by atomic mass is 32.1. The summed E-state index contributed by atoms with van der Waals surface area (Å²) in [4.78, 5) is 23.6. The number of rotatable bonds is 10. The molecule has 10 heteroatoms. The molecule has 5 aromatic rings. The number of fused-ring (bicyclic) bond motifs is 3. The molecule has 0 saturated carbocycles. The van der Waals surface area contributed by atoms with E-state index in [4.69, 9.17) is 14.2 Å². The zero-order valence-electron chi connectivity index (χ0n) is 21.9. The number of carbonyl (C=O) groups excluding carboxylic acids is 1. The van der Waals surface area contributed by atoms with Crippen LogP contribution in [0.3, 0.4) is 0 Å². The maximum absolute atomic E-state index is 12.6. The zero-order chi connectivity index (χ0) is 26.9. The minimum atomic E-state index is -0.597. The number of likely N-dealkylation sites (N-methyl/N-ethyl adjacent to an activating group) is 1. The van der Waals surface area contributed by atoms with Gasteiger partial charge in [-0.1, -0.05) is 61.5 Å². The molecule has 0 fully saturated rings. The van der Waals surface area contributed by atoms with Gasteiger partial charge in [-0.2, -0.15) is 0 Å². The molecule has 5 rings (SSSR count). The van der Waals surface area contributed by atoms with E-state index in [1.807, 2.05) is 47.0 Å². The van der Waals surface area contributed by atoms with Crippen molar-refractivity contribution in [3.63, 3.8) is 0 Å². The summed E-state index contributed by atoms with van der Waals surface area (Å²) in [7, 11) is 1.78. The Labute approximate surface area is 224 Å². The van der Waals surface area contributed by atoms with E-state index in [1.165, 1.54) is 11.3 Å². The third kappa shape index (κ3) is 5.77. The lowest BCUT2D eigenvalue weighted by Crippen LogP contribution is -2.29. The van der Waals surface area contributed by atoms with E-state index in [2.05, 4.69) is 36.2 Å². The van der Waals surface area contributed by atoms with Gasteiger partial charge in [0.25, 0.3) is 0 Å². The molecule has 1 aromatic carbocycles. The third-order valence-electron chi connectivity index (χ3n) is 6.13. The van der Waals surface area contributed by atoms with Gasteiger partial charge in [-0.25, -0.2) is 9.97 Å². The Bertz CT molecular complexity index is 1560. The molecule has 0 aliphatic rings. The number of carbonyl (C=O) groups is 1. The van der Waals surface area contributed by atoms with Gasteiger partial charge >= 0.3 is 0 Å². The second kappa shape index (κ2) is 10.6. The molecule has 0 saturated heterocycles. The number of thiazole rings is 1. The fourth-order valence-electron chi connectivity index (χ4n) is 4.10. The number of nitrogens with one attached hydrogen (secondary N) is 1. The summed E-state index contributed by atoms with van der Waals surface area (Å²) in [6, 6.07) is 13.5. The van der Waals surface area contributed by atoms with Crippen molar-refractivity contribution in [2.75, 3.05) is 20.2 Å². The van der Waals surface area contributed by atoms with E-state index in [9.17, 15) is 9.90 Å². The van der Waals surface area contributed by atoms with E-state index >= 15 is 0 Å². The average Bonchev–Trinajstić information content (AvgIpc) is 3.58. The molecule has 9 nitrogen and oxygen atoms in total. The molecule has 2 N–H and O–H groups in total. The van der Waals surface area contributed by atoms with Gasteiger partial charge in [0.1, 0.15) is 29.1 Å². The van der Waals surface area contributed by atoms with Crippen LogP contribution in [0.2, 0.25) is 0 Å². The number of Topliss-reactive ketones (excluding diaryl/α,β-unsaturated/α-hetero) is 1. The minimum absolute atomic E-state index is 0.0906. The minimum Gasteiger partial charge on any atom is -0.475 e. The summed E-state index contributed by atoms with van der Waals surface area (Å²) >= 11 is 1.48. The molecular formula is C28H31N5O4S.